The van der Waals surface area contributed by atoms with Gasteiger partial charge in [0.1, 0.15) is 0 Å². The third-order valence-electron chi connectivity index (χ3n) is 3.91. The van der Waals surface area contributed by atoms with Crippen LogP contribution in [0.5, 0.6) is 11.5 Å². The van der Waals surface area contributed by atoms with Gasteiger partial charge in [0.25, 0.3) is 0 Å². The van der Waals surface area contributed by atoms with Gasteiger partial charge < -0.3 is 19.7 Å². The molecule has 0 spiro atoms. The number of rotatable bonds is 4. The van der Waals surface area contributed by atoms with Crippen LogP contribution < -0.4 is 19.7 Å². The van der Waals surface area contributed by atoms with Crippen molar-refractivity contribution in [2.75, 3.05) is 32.7 Å². The van der Waals surface area contributed by atoms with E-state index in [-0.39, 0.29) is 17.9 Å². The van der Waals surface area contributed by atoms with Crippen LogP contribution in [-0.4, -0.2) is 39.8 Å². The number of nitrogens with one attached hydrogen (secondary N) is 1. The molecule has 2 rings (SSSR count). The molecule has 1 heterocycles. The van der Waals surface area contributed by atoms with E-state index >= 15 is 0 Å². The first-order valence-electron chi connectivity index (χ1n) is 7.25. The molecule has 116 valence electrons. The molecule has 0 saturated heterocycles. The highest BCUT2D eigenvalue weighted by Gasteiger charge is 2.30. The van der Waals surface area contributed by atoms with Crippen molar-refractivity contribution in [2.45, 2.75) is 26.3 Å². The summed E-state index contributed by atoms with van der Waals surface area (Å²) in [6.07, 6.45) is 0.869. The van der Waals surface area contributed by atoms with E-state index in [2.05, 4.69) is 5.32 Å². The zero-order chi connectivity index (χ0) is 15.6. The van der Waals surface area contributed by atoms with Crippen LogP contribution in [0.4, 0.5) is 5.69 Å². The molecule has 1 atom stereocenters. The first-order valence-corrected chi connectivity index (χ1v) is 7.25. The van der Waals surface area contributed by atoms with E-state index in [0.29, 0.717) is 18.0 Å². The quantitative estimate of drug-likeness (QED) is 0.920. The predicted octanol–water partition coefficient (Wildman–Crippen LogP) is 1.84. The maximum Gasteiger partial charge on any atom is 0.229 e. The van der Waals surface area contributed by atoms with E-state index in [1.165, 1.54) is 0 Å². The van der Waals surface area contributed by atoms with Gasteiger partial charge in [0.15, 0.2) is 11.5 Å². The number of anilines is 1. The molecule has 1 N–H and O–H groups in total. The molecular formula is C16H24N2O3. The first-order chi connectivity index (χ1) is 10.0. The second-order valence-corrected chi connectivity index (χ2v) is 5.63. The van der Waals surface area contributed by atoms with Crippen molar-refractivity contribution in [1.29, 1.82) is 0 Å². The number of carbonyl (C=O) groups excluding carboxylic acids is 1. The van der Waals surface area contributed by atoms with Gasteiger partial charge in [-0.25, -0.2) is 0 Å². The zero-order valence-corrected chi connectivity index (χ0v) is 13.4. The number of fused-ring (bicyclic) bond motifs is 1. The van der Waals surface area contributed by atoms with Gasteiger partial charge in [0, 0.05) is 24.6 Å². The Labute approximate surface area is 126 Å². The second kappa shape index (κ2) is 6.35. The van der Waals surface area contributed by atoms with Crippen LogP contribution in [0.2, 0.25) is 0 Å². The standard InChI is InChI=1S/C16H24N2O3/c1-10(2)16(19)18-9-12(17-3)6-11-7-14(20-4)15(21-5)8-13(11)18/h7-8,10,12,17H,6,9H2,1-5H3. The summed E-state index contributed by atoms with van der Waals surface area (Å²) in [5.74, 6) is 1.44. The van der Waals surface area contributed by atoms with Gasteiger partial charge in [0.05, 0.1) is 19.9 Å². The third-order valence-corrected chi connectivity index (χ3v) is 3.91. The Bertz CT molecular complexity index is 528. The molecule has 0 aromatic heterocycles. The Morgan fingerprint density at radius 3 is 2.43 bits per heavy atom. The number of carbonyl (C=O) groups is 1. The van der Waals surface area contributed by atoms with Crippen molar-refractivity contribution in [3.05, 3.63) is 17.7 Å². The minimum absolute atomic E-state index is 0.0402. The number of benzene rings is 1. The number of hydrogen-bond acceptors (Lipinski definition) is 4. The summed E-state index contributed by atoms with van der Waals surface area (Å²) < 4.78 is 10.7. The summed E-state index contributed by atoms with van der Waals surface area (Å²) in [6.45, 7) is 4.52. The van der Waals surface area contributed by atoms with E-state index in [1.807, 2.05) is 37.9 Å². The highest BCUT2D eigenvalue weighted by atomic mass is 16.5. The molecule has 21 heavy (non-hydrogen) atoms. The van der Waals surface area contributed by atoms with Crippen molar-refractivity contribution in [3.8, 4) is 11.5 Å². The first kappa shape index (κ1) is 15.6. The second-order valence-electron chi connectivity index (χ2n) is 5.63. The van der Waals surface area contributed by atoms with Gasteiger partial charge >= 0.3 is 0 Å². The largest absolute Gasteiger partial charge is 0.493 e. The molecule has 0 radical (unpaired) electrons. The molecule has 0 bridgehead atoms. The Hall–Kier alpha value is -1.75. The molecule has 1 aromatic rings. The molecular weight excluding hydrogens is 268 g/mol. The van der Waals surface area contributed by atoms with E-state index in [4.69, 9.17) is 9.47 Å². The predicted molar refractivity (Wildman–Crippen MR) is 83.3 cm³/mol. The van der Waals surface area contributed by atoms with Crippen molar-refractivity contribution in [1.82, 2.24) is 5.32 Å². The van der Waals surface area contributed by atoms with Gasteiger partial charge in [-0.15, -0.1) is 0 Å². The molecule has 0 saturated carbocycles. The number of amides is 1. The molecule has 5 heteroatoms. The van der Waals surface area contributed by atoms with Gasteiger partial charge in [0.2, 0.25) is 5.91 Å². The summed E-state index contributed by atoms with van der Waals surface area (Å²) in [5, 5.41) is 3.27. The molecule has 1 unspecified atom stereocenters. The van der Waals surface area contributed by atoms with Crippen molar-refractivity contribution >= 4 is 11.6 Å². The Kier molecular flexibility index (Phi) is 4.73. The fourth-order valence-electron chi connectivity index (χ4n) is 2.69. The number of ether oxygens (including phenoxy) is 2. The fraction of sp³-hybridized carbons (Fsp3) is 0.562. The van der Waals surface area contributed by atoms with Crippen molar-refractivity contribution in [3.63, 3.8) is 0 Å². The van der Waals surface area contributed by atoms with Gasteiger partial charge in [-0.1, -0.05) is 13.8 Å². The normalized spacial score (nSPS) is 17.6. The van der Waals surface area contributed by atoms with Gasteiger partial charge in [-0.3, -0.25) is 4.79 Å². The molecule has 5 nitrogen and oxygen atoms in total. The van der Waals surface area contributed by atoms with E-state index in [9.17, 15) is 4.79 Å². The third kappa shape index (κ3) is 2.97. The average molecular weight is 292 g/mol. The Morgan fingerprint density at radius 2 is 1.90 bits per heavy atom. The Balaban J connectivity index is 2.50. The van der Waals surface area contributed by atoms with Crippen LogP contribution in [0.25, 0.3) is 0 Å². The summed E-state index contributed by atoms with van der Waals surface area (Å²) in [6, 6.07) is 4.12. The smallest absolute Gasteiger partial charge is 0.229 e. The van der Waals surface area contributed by atoms with E-state index < -0.39 is 0 Å². The number of hydrogen-bond donors (Lipinski definition) is 1. The average Bonchev–Trinajstić information content (AvgIpc) is 2.51. The Morgan fingerprint density at radius 1 is 1.29 bits per heavy atom. The van der Waals surface area contributed by atoms with E-state index in [1.54, 1.807) is 14.2 Å². The lowest BCUT2D eigenvalue weighted by Gasteiger charge is -2.36. The van der Waals surface area contributed by atoms with Crippen LogP contribution in [-0.2, 0) is 11.2 Å². The number of nitrogens with zero attached hydrogens (tertiary/aromatic N) is 1. The van der Waals surface area contributed by atoms with Gasteiger partial charge in [-0.05, 0) is 25.1 Å². The molecule has 1 aromatic carbocycles. The van der Waals surface area contributed by atoms with Crippen LogP contribution in [0.15, 0.2) is 12.1 Å². The van der Waals surface area contributed by atoms with Crippen LogP contribution in [0.1, 0.15) is 19.4 Å². The highest BCUT2D eigenvalue weighted by Crippen LogP contribution is 2.38. The van der Waals surface area contributed by atoms with Gasteiger partial charge in [-0.2, -0.15) is 0 Å². The minimum Gasteiger partial charge on any atom is -0.493 e. The monoisotopic (exact) mass is 292 g/mol. The van der Waals surface area contributed by atoms with E-state index in [0.717, 1.165) is 17.7 Å². The van der Waals surface area contributed by atoms with Crippen molar-refractivity contribution < 1.29 is 14.3 Å². The van der Waals surface area contributed by atoms with Crippen LogP contribution in [0.3, 0.4) is 0 Å². The summed E-state index contributed by atoms with van der Waals surface area (Å²) in [4.78, 5) is 14.4. The number of methoxy groups -OCH3 is 2. The van der Waals surface area contributed by atoms with Crippen LogP contribution in [0, 0.1) is 5.92 Å². The summed E-state index contributed by atoms with van der Waals surface area (Å²) in [5.41, 5.74) is 2.03. The SMILES string of the molecule is CNC1Cc2cc(OC)c(OC)cc2N(C(=O)C(C)C)C1. The number of likely N-dealkylation sites (N-methyl/N-ethyl adjacent to an activating group) is 1. The topological polar surface area (TPSA) is 50.8 Å². The summed E-state index contributed by atoms with van der Waals surface area (Å²) in [7, 11) is 5.16. The maximum absolute atomic E-state index is 12.5. The van der Waals surface area contributed by atoms with Crippen molar-refractivity contribution in [2.24, 2.45) is 5.92 Å². The lowest BCUT2D eigenvalue weighted by molar-refractivity contribution is -0.121. The van der Waals surface area contributed by atoms with Crippen LogP contribution >= 0.6 is 0 Å². The maximum atomic E-state index is 12.5. The molecule has 1 aliphatic rings. The molecule has 0 aliphatic carbocycles. The lowest BCUT2D eigenvalue weighted by Crippen LogP contribution is -2.48. The molecule has 1 aliphatic heterocycles. The fourth-order valence-corrected chi connectivity index (χ4v) is 2.69. The lowest BCUT2D eigenvalue weighted by atomic mass is 9.96. The molecule has 1 amide bonds. The molecule has 0 fully saturated rings. The highest BCUT2D eigenvalue weighted by molar-refractivity contribution is 5.96. The summed E-state index contributed by atoms with van der Waals surface area (Å²) >= 11 is 0. The minimum atomic E-state index is -0.0402. The zero-order valence-electron chi connectivity index (χ0n) is 13.4.